The molecule has 0 radical (unpaired) electrons. The molecule has 0 N–H and O–H groups in total. The van der Waals surface area contributed by atoms with E-state index in [0.717, 1.165) is 28.3 Å². The Morgan fingerprint density at radius 3 is 1.50 bits per heavy atom. The highest BCUT2D eigenvalue weighted by molar-refractivity contribution is 6.10. The van der Waals surface area contributed by atoms with Crippen molar-refractivity contribution >= 4 is 38.9 Å². The van der Waals surface area contributed by atoms with E-state index in [4.69, 9.17) is 0 Å². The van der Waals surface area contributed by atoms with Crippen molar-refractivity contribution in [2.45, 2.75) is 12.3 Å². The van der Waals surface area contributed by atoms with E-state index in [0.29, 0.717) is 0 Å². The quantitative estimate of drug-likeness (QED) is 0.148. The Balaban J connectivity index is 1.14. The van der Waals surface area contributed by atoms with Crippen LogP contribution < -0.4 is 4.90 Å². The van der Waals surface area contributed by atoms with Crippen molar-refractivity contribution in [2.75, 3.05) is 4.90 Å². The van der Waals surface area contributed by atoms with Crippen LogP contribution in [0.4, 0.5) is 17.1 Å². The highest BCUT2D eigenvalue weighted by Gasteiger charge is 2.41. The molecule has 1 unspecified atom stereocenters. The lowest BCUT2D eigenvalue weighted by Crippen LogP contribution is -2.23. The molecule has 2 nitrogen and oxygen atoms in total. The predicted octanol–water partition coefficient (Wildman–Crippen LogP) is 16.6. The standard InChI is InChI=1S/C62H44N2/c1-62(44-24-6-3-7-25-44)55-34-16-12-30-50(55)51-41-40-45(42-56(51)62)63(60-38-20-21-39-61(60)64-58-36-18-14-32-53(58)54-33-15-19-37-59(54)64)57-35-17-13-31-52(57)49-29-11-10-28-48(49)47-27-9-8-26-46(47)43-22-4-2-5-23-43/h2-42H,1H3. The van der Waals surface area contributed by atoms with Crippen molar-refractivity contribution in [3.8, 4) is 50.2 Å². The summed E-state index contributed by atoms with van der Waals surface area (Å²) in [6.07, 6.45) is 0. The minimum absolute atomic E-state index is 0.367. The van der Waals surface area contributed by atoms with Gasteiger partial charge in [-0.3, -0.25) is 0 Å². The molecule has 0 saturated carbocycles. The van der Waals surface area contributed by atoms with Crippen LogP contribution in [0.5, 0.6) is 0 Å². The molecule has 302 valence electrons. The van der Waals surface area contributed by atoms with Gasteiger partial charge in [-0.25, -0.2) is 0 Å². The highest BCUT2D eigenvalue weighted by Crippen LogP contribution is 2.55. The van der Waals surface area contributed by atoms with Gasteiger partial charge < -0.3 is 9.47 Å². The molecule has 1 aliphatic carbocycles. The number of benzene rings is 10. The van der Waals surface area contributed by atoms with Gasteiger partial charge in [-0.05, 0) is 105 Å². The second kappa shape index (κ2) is 15.3. The van der Waals surface area contributed by atoms with Crippen molar-refractivity contribution in [3.63, 3.8) is 0 Å². The first-order chi connectivity index (χ1) is 31.7. The van der Waals surface area contributed by atoms with Gasteiger partial charge in [-0.1, -0.05) is 206 Å². The maximum atomic E-state index is 2.52. The molecule has 1 heterocycles. The van der Waals surface area contributed by atoms with E-state index in [2.05, 4.69) is 265 Å². The molecule has 0 saturated heterocycles. The second-order valence-corrected chi connectivity index (χ2v) is 16.9. The first-order valence-corrected chi connectivity index (χ1v) is 22.2. The normalized spacial score (nSPS) is 14.1. The van der Waals surface area contributed by atoms with Crippen LogP contribution in [-0.2, 0) is 5.41 Å². The van der Waals surface area contributed by atoms with E-state index < -0.39 is 0 Å². The van der Waals surface area contributed by atoms with Gasteiger partial charge in [0.15, 0.2) is 0 Å². The third-order valence-corrected chi connectivity index (χ3v) is 13.5. The van der Waals surface area contributed by atoms with Crippen molar-refractivity contribution in [3.05, 3.63) is 265 Å². The summed E-state index contributed by atoms with van der Waals surface area (Å²) in [6, 6.07) is 91.1. The van der Waals surface area contributed by atoms with Crippen molar-refractivity contribution in [2.24, 2.45) is 0 Å². The van der Waals surface area contributed by atoms with E-state index in [1.807, 2.05) is 0 Å². The van der Waals surface area contributed by atoms with Crippen molar-refractivity contribution in [1.29, 1.82) is 0 Å². The second-order valence-electron chi connectivity index (χ2n) is 16.9. The van der Waals surface area contributed by atoms with E-state index in [1.54, 1.807) is 0 Å². The monoisotopic (exact) mass is 816 g/mol. The number of rotatable bonds is 8. The zero-order valence-electron chi connectivity index (χ0n) is 35.6. The molecule has 0 spiro atoms. The third-order valence-electron chi connectivity index (χ3n) is 13.5. The molecule has 11 aromatic rings. The van der Waals surface area contributed by atoms with Crippen molar-refractivity contribution < 1.29 is 0 Å². The summed E-state index contributed by atoms with van der Waals surface area (Å²) in [5.41, 5.74) is 19.9. The zero-order chi connectivity index (χ0) is 42.6. The topological polar surface area (TPSA) is 8.17 Å². The average molecular weight is 817 g/mol. The van der Waals surface area contributed by atoms with Crippen LogP contribution >= 0.6 is 0 Å². The Morgan fingerprint density at radius 1 is 0.344 bits per heavy atom. The smallest absolute Gasteiger partial charge is 0.0702 e. The van der Waals surface area contributed by atoms with Crippen LogP contribution in [0.3, 0.4) is 0 Å². The maximum absolute atomic E-state index is 2.52. The maximum Gasteiger partial charge on any atom is 0.0702 e. The van der Waals surface area contributed by atoms with Gasteiger partial charge in [0.1, 0.15) is 0 Å². The summed E-state index contributed by atoms with van der Waals surface area (Å²) < 4.78 is 2.46. The molecule has 64 heavy (non-hydrogen) atoms. The minimum Gasteiger partial charge on any atom is -0.308 e. The average Bonchev–Trinajstić information content (AvgIpc) is 3.84. The summed E-state index contributed by atoms with van der Waals surface area (Å²) in [5, 5.41) is 2.47. The van der Waals surface area contributed by atoms with Gasteiger partial charge in [0.2, 0.25) is 0 Å². The molecule has 0 bridgehead atoms. The molecule has 10 aromatic carbocycles. The summed E-state index contributed by atoms with van der Waals surface area (Å²) in [6.45, 7) is 2.40. The van der Waals surface area contributed by atoms with Crippen LogP contribution in [0.25, 0.3) is 72.0 Å². The summed E-state index contributed by atoms with van der Waals surface area (Å²) in [7, 11) is 0. The van der Waals surface area contributed by atoms with Gasteiger partial charge in [-0.15, -0.1) is 0 Å². The molecule has 0 fully saturated rings. The van der Waals surface area contributed by atoms with Crippen molar-refractivity contribution in [1.82, 2.24) is 4.57 Å². The first kappa shape index (κ1) is 37.6. The summed E-state index contributed by atoms with van der Waals surface area (Å²) >= 11 is 0. The van der Waals surface area contributed by atoms with Gasteiger partial charge in [-0.2, -0.15) is 0 Å². The number of hydrogen-bond acceptors (Lipinski definition) is 1. The number of para-hydroxylation sites is 5. The van der Waals surface area contributed by atoms with Crippen LogP contribution in [0.2, 0.25) is 0 Å². The fourth-order valence-corrected chi connectivity index (χ4v) is 10.6. The van der Waals surface area contributed by atoms with E-state index >= 15 is 0 Å². The number of hydrogen-bond donors (Lipinski definition) is 0. The summed E-state index contributed by atoms with van der Waals surface area (Å²) in [4.78, 5) is 2.52. The SMILES string of the molecule is CC1(c2ccccc2)c2ccccc2-c2ccc(N(c3ccccc3-c3ccccc3-c3ccccc3-c3ccccc3)c3ccccc3-n3c4ccccc4c4ccccc43)cc21. The van der Waals surface area contributed by atoms with Crippen LogP contribution in [0.15, 0.2) is 249 Å². The largest absolute Gasteiger partial charge is 0.308 e. The Morgan fingerprint density at radius 2 is 0.812 bits per heavy atom. The molecule has 0 amide bonds. The zero-order valence-corrected chi connectivity index (χ0v) is 35.6. The van der Waals surface area contributed by atoms with Crippen LogP contribution in [0.1, 0.15) is 23.6 Å². The van der Waals surface area contributed by atoms with Gasteiger partial charge in [0, 0.05) is 27.4 Å². The molecule has 1 aromatic heterocycles. The Kier molecular flexibility index (Phi) is 8.98. The fourth-order valence-electron chi connectivity index (χ4n) is 10.6. The molecule has 2 heteroatoms. The molecule has 0 aliphatic heterocycles. The lowest BCUT2D eigenvalue weighted by atomic mass is 9.74. The molecule has 1 atom stereocenters. The lowest BCUT2D eigenvalue weighted by Gasteiger charge is -2.33. The fraction of sp³-hybridized carbons (Fsp3) is 0.0323. The van der Waals surface area contributed by atoms with Crippen LogP contribution in [-0.4, -0.2) is 4.57 Å². The Labute approximate surface area is 374 Å². The third kappa shape index (κ3) is 5.87. The van der Waals surface area contributed by atoms with Gasteiger partial charge >= 0.3 is 0 Å². The number of anilines is 3. The Hall–Kier alpha value is -8.20. The molecule has 1 aliphatic rings. The number of nitrogens with zero attached hydrogens (tertiary/aromatic N) is 2. The van der Waals surface area contributed by atoms with E-state index in [-0.39, 0.29) is 5.41 Å². The minimum atomic E-state index is -0.367. The first-order valence-electron chi connectivity index (χ1n) is 22.2. The molecular formula is C62H44N2. The molecule has 12 rings (SSSR count). The predicted molar refractivity (Wildman–Crippen MR) is 269 cm³/mol. The lowest BCUT2D eigenvalue weighted by molar-refractivity contribution is 0.714. The number of fused-ring (bicyclic) bond motifs is 6. The highest BCUT2D eigenvalue weighted by atomic mass is 15.2. The van der Waals surface area contributed by atoms with Gasteiger partial charge in [0.25, 0.3) is 0 Å². The summed E-state index contributed by atoms with van der Waals surface area (Å²) in [5.74, 6) is 0. The van der Waals surface area contributed by atoms with E-state index in [9.17, 15) is 0 Å². The van der Waals surface area contributed by atoms with E-state index in [1.165, 1.54) is 77.4 Å². The van der Waals surface area contributed by atoms with Crippen LogP contribution in [0, 0.1) is 0 Å². The molecular weight excluding hydrogens is 773 g/mol. The number of aromatic nitrogens is 1. The van der Waals surface area contributed by atoms with Gasteiger partial charge in [0.05, 0.1) is 28.1 Å². The Bertz CT molecular complexity index is 3470.